The van der Waals surface area contributed by atoms with Gasteiger partial charge in [0.25, 0.3) is 5.56 Å². The number of rotatable bonds is 1. The second kappa shape index (κ2) is 5.21. The van der Waals surface area contributed by atoms with Crippen LogP contribution in [0.2, 0.25) is 0 Å². The quantitative estimate of drug-likeness (QED) is 0.863. The Morgan fingerprint density at radius 1 is 1.35 bits per heavy atom. The van der Waals surface area contributed by atoms with E-state index in [2.05, 4.69) is 11.2 Å². The molecule has 0 unspecified atom stereocenters. The molecule has 6 nitrogen and oxygen atoms in total. The summed E-state index contributed by atoms with van der Waals surface area (Å²) in [6.45, 7) is 5.29. The number of aliphatic hydroxyl groups is 1. The highest BCUT2D eigenvalue weighted by molar-refractivity contribution is 5.46. The molecule has 23 heavy (non-hydrogen) atoms. The summed E-state index contributed by atoms with van der Waals surface area (Å²) in [4.78, 5) is 12.3. The van der Waals surface area contributed by atoms with E-state index < -0.39 is 17.7 Å². The van der Waals surface area contributed by atoms with E-state index >= 15 is 0 Å². The van der Waals surface area contributed by atoms with Gasteiger partial charge in [-0.25, -0.2) is 4.68 Å². The first kappa shape index (κ1) is 15.3. The lowest BCUT2D eigenvalue weighted by Gasteiger charge is -2.42. The first-order valence-electron chi connectivity index (χ1n) is 7.31. The molecule has 0 aliphatic carbocycles. The number of hydrogen-bond donors (Lipinski definition) is 1. The zero-order chi connectivity index (χ0) is 16.8. The van der Waals surface area contributed by atoms with Crippen LogP contribution < -0.4 is 10.3 Å². The first-order valence-corrected chi connectivity index (χ1v) is 7.31. The molecule has 0 saturated carbocycles. The minimum absolute atomic E-state index is 0.314. The Kier molecular flexibility index (Phi) is 3.46. The summed E-state index contributed by atoms with van der Waals surface area (Å²) in [5.74, 6) is 0.541. The predicted molar refractivity (Wildman–Crippen MR) is 83.2 cm³/mol. The van der Waals surface area contributed by atoms with Crippen LogP contribution in [-0.2, 0) is 0 Å². The van der Waals surface area contributed by atoms with Gasteiger partial charge < -0.3 is 9.84 Å². The molecule has 2 aromatic rings. The van der Waals surface area contributed by atoms with E-state index in [1.807, 2.05) is 0 Å². The lowest BCUT2D eigenvalue weighted by Crippen LogP contribution is -2.52. The summed E-state index contributed by atoms with van der Waals surface area (Å²) in [5, 5.41) is 24.2. The highest BCUT2D eigenvalue weighted by Gasteiger charge is 2.44. The van der Waals surface area contributed by atoms with E-state index in [-0.39, 0.29) is 5.56 Å². The molecule has 1 N–H and O–H groups in total. The summed E-state index contributed by atoms with van der Waals surface area (Å²) in [6.07, 6.45) is -0.990. The largest absolute Gasteiger partial charge is 0.485 e. The molecule has 0 fully saturated rings. The molecule has 1 aliphatic rings. The van der Waals surface area contributed by atoms with Gasteiger partial charge in [0.2, 0.25) is 0 Å². The molecule has 118 valence electrons. The average molecular weight is 311 g/mol. The number of fused-ring (bicyclic) bond motifs is 1. The van der Waals surface area contributed by atoms with Crippen molar-refractivity contribution in [3.63, 3.8) is 0 Å². The van der Waals surface area contributed by atoms with Crippen molar-refractivity contribution in [2.24, 2.45) is 0 Å². The van der Waals surface area contributed by atoms with Crippen molar-refractivity contribution in [1.29, 1.82) is 5.26 Å². The molecule has 0 spiro atoms. The number of aryl methyl sites for hydroxylation is 1. The summed E-state index contributed by atoms with van der Waals surface area (Å²) in [7, 11) is 0. The number of ether oxygens (including phenoxy) is 1. The molecule has 0 radical (unpaired) electrons. The van der Waals surface area contributed by atoms with E-state index in [0.29, 0.717) is 22.6 Å². The Morgan fingerprint density at radius 2 is 2.09 bits per heavy atom. The van der Waals surface area contributed by atoms with Crippen molar-refractivity contribution in [2.45, 2.75) is 38.5 Å². The van der Waals surface area contributed by atoms with Gasteiger partial charge >= 0.3 is 0 Å². The van der Waals surface area contributed by atoms with Gasteiger partial charge in [0.1, 0.15) is 23.5 Å². The van der Waals surface area contributed by atoms with E-state index in [1.165, 1.54) is 10.7 Å². The van der Waals surface area contributed by atoms with E-state index in [0.717, 1.165) is 0 Å². The van der Waals surface area contributed by atoms with Crippen LogP contribution in [0.25, 0.3) is 0 Å². The molecule has 3 rings (SSSR count). The smallest absolute Gasteiger partial charge is 0.267 e. The fourth-order valence-corrected chi connectivity index (χ4v) is 2.82. The minimum atomic E-state index is -0.990. The maximum atomic E-state index is 12.3. The minimum Gasteiger partial charge on any atom is -0.485 e. The number of nitrogens with zero attached hydrogens (tertiary/aromatic N) is 3. The van der Waals surface area contributed by atoms with Crippen molar-refractivity contribution >= 4 is 0 Å². The third-order valence-corrected chi connectivity index (χ3v) is 4.06. The second-order valence-electron chi connectivity index (χ2n) is 6.22. The molecule has 1 aromatic heterocycles. The standard InChI is InChI=1S/C17H17N3O3/c1-10-4-7-14(21)20(19-10)15-12-8-11(9-18)5-6-13(12)23-17(2,3)16(15)22/h4-8,15-16,22H,1-3H3/t15-,16+/m1/s1. The average Bonchev–Trinajstić information content (AvgIpc) is 2.51. The lowest BCUT2D eigenvalue weighted by molar-refractivity contribution is -0.0667. The Morgan fingerprint density at radius 3 is 2.78 bits per heavy atom. The summed E-state index contributed by atoms with van der Waals surface area (Å²) >= 11 is 0. The highest BCUT2D eigenvalue weighted by atomic mass is 16.5. The molecular formula is C17H17N3O3. The fraction of sp³-hybridized carbons (Fsp3) is 0.353. The number of benzene rings is 1. The van der Waals surface area contributed by atoms with Crippen LogP contribution in [0, 0.1) is 18.3 Å². The van der Waals surface area contributed by atoms with Crippen LogP contribution in [0.3, 0.4) is 0 Å². The van der Waals surface area contributed by atoms with Crippen LogP contribution in [0.15, 0.2) is 35.1 Å². The van der Waals surface area contributed by atoms with E-state index in [1.54, 1.807) is 45.0 Å². The molecule has 2 heterocycles. The Labute approximate surface area is 133 Å². The first-order chi connectivity index (χ1) is 10.8. The number of nitriles is 1. The SMILES string of the molecule is Cc1ccc(=O)n([C@@H]2c3cc(C#N)ccc3OC(C)(C)[C@H]2O)n1. The van der Waals surface area contributed by atoms with Gasteiger partial charge in [-0.1, -0.05) is 0 Å². The van der Waals surface area contributed by atoms with Crippen LogP contribution >= 0.6 is 0 Å². The lowest BCUT2D eigenvalue weighted by atomic mass is 9.86. The number of hydrogen-bond acceptors (Lipinski definition) is 5. The number of aliphatic hydroxyl groups excluding tert-OH is 1. The zero-order valence-corrected chi connectivity index (χ0v) is 13.1. The maximum absolute atomic E-state index is 12.3. The Bertz CT molecular complexity index is 864. The van der Waals surface area contributed by atoms with Crippen LogP contribution in [0.5, 0.6) is 5.75 Å². The van der Waals surface area contributed by atoms with Crippen molar-refractivity contribution in [2.75, 3.05) is 0 Å². The Balaban J connectivity index is 2.28. The van der Waals surface area contributed by atoms with Gasteiger partial charge in [0.05, 0.1) is 17.3 Å². The van der Waals surface area contributed by atoms with Gasteiger partial charge in [-0.2, -0.15) is 10.4 Å². The summed E-state index contributed by atoms with van der Waals surface area (Å²) < 4.78 is 7.12. The van der Waals surface area contributed by atoms with Gasteiger partial charge in [-0.3, -0.25) is 4.79 Å². The van der Waals surface area contributed by atoms with Crippen LogP contribution in [0.4, 0.5) is 0 Å². The van der Waals surface area contributed by atoms with Crippen LogP contribution in [0.1, 0.15) is 36.7 Å². The van der Waals surface area contributed by atoms with Crippen LogP contribution in [-0.4, -0.2) is 26.6 Å². The Hall–Kier alpha value is -2.65. The van der Waals surface area contributed by atoms with E-state index in [9.17, 15) is 9.90 Å². The van der Waals surface area contributed by atoms with Gasteiger partial charge in [0, 0.05) is 11.6 Å². The van der Waals surface area contributed by atoms with Crippen molar-refractivity contribution in [3.05, 3.63) is 57.5 Å². The molecule has 1 aromatic carbocycles. The van der Waals surface area contributed by atoms with Crippen molar-refractivity contribution in [3.8, 4) is 11.8 Å². The maximum Gasteiger partial charge on any atom is 0.267 e. The molecule has 1 aliphatic heterocycles. The third kappa shape index (κ3) is 2.49. The summed E-state index contributed by atoms with van der Waals surface area (Å²) in [5.41, 5.74) is 0.474. The monoisotopic (exact) mass is 311 g/mol. The fourth-order valence-electron chi connectivity index (χ4n) is 2.82. The van der Waals surface area contributed by atoms with Crippen molar-refractivity contribution < 1.29 is 9.84 Å². The van der Waals surface area contributed by atoms with E-state index in [4.69, 9.17) is 10.00 Å². The van der Waals surface area contributed by atoms with Gasteiger partial charge in [0.15, 0.2) is 0 Å². The second-order valence-corrected chi connectivity index (χ2v) is 6.22. The third-order valence-electron chi connectivity index (χ3n) is 4.06. The molecule has 0 bridgehead atoms. The molecule has 2 atom stereocenters. The van der Waals surface area contributed by atoms with Gasteiger partial charge in [-0.05, 0) is 45.0 Å². The number of aromatic nitrogens is 2. The normalized spacial score (nSPS) is 21.9. The highest BCUT2D eigenvalue weighted by Crippen LogP contribution is 2.41. The van der Waals surface area contributed by atoms with Crippen molar-refractivity contribution in [1.82, 2.24) is 9.78 Å². The summed E-state index contributed by atoms with van der Waals surface area (Å²) in [6, 6.07) is 9.37. The molecular weight excluding hydrogens is 294 g/mol. The topological polar surface area (TPSA) is 88.1 Å². The zero-order valence-electron chi connectivity index (χ0n) is 13.1. The predicted octanol–water partition coefficient (Wildman–Crippen LogP) is 1.54. The molecule has 0 amide bonds. The van der Waals surface area contributed by atoms with Gasteiger partial charge in [-0.15, -0.1) is 0 Å². The molecule has 6 heteroatoms. The molecule has 0 saturated heterocycles.